The lowest BCUT2D eigenvalue weighted by molar-refractivity contribution is 0.565. The number of isocyanates is 1. The number of thiazole rings is 1. The van der Waals surface area contributed by atoms with Gasteiger partial charge in [-0.2, -0.15) is 0 Å². The van der Waals surface area contributed by atoms with Gasteiger partial charge in [-0.25, -0.2) is 9.78 Å². The molecule has 15 heavy (non-hydrogen) atoms. The van der Waals surface area contributed by atoms with E-state index in [1.807, 2.05) is 18.2 Å². The Bertz CT molecular complexity index is 419. The summed E-state index contributed by atoms with van der Waals surface area (Å²) in [5.41, 5.74) is 1.32. The maximum Gasteiger partial charge on any atom is 0.242 e. The van der Waals surface area contributed by atoms with Crippen LogP contribution in [0.3, 0.4) is 0 Å². The lowest BCUT2D eigenvalue weighted by atomic mass is 10.2. The number of benzene rings is 1. The molecule has 76 valence electrons. The molecule has 2 aromatic rings. The summed E-state index contributed by atoms with van der Waals surface area (Å²) in [4.78, 5) is 16.5. The highest BCUT2D eigenvalue weighted by molar-refractivity contribution is 7.13. The molecule has 4 heteroatoms. The Kier molecular flexibility index (Phi) is 5.01. The fourth-order valence-corrected chi connectivity index (χ4v) is 1.30. The molecule has 1 aromatic carbocycles. The zero-order valence-electron chi connectivity index (χ0n) is 8.25. The van der Waals surface area contributed by atoms with Crippen LogP contribution >= 0.6 is 11.3 Å². The Balaban J connectivity index is 0.000000151. The van der Waals surface area contributed by atoms with Crippen LogP contribution in [0.2, 0.25) is 0 Å². The van der Waals surface area contributed by atoms with Crippen LogP contribution in [0.1, 0.15) is 5.56 Å². The summed E-state index contributed by atoms with van der Waals surface area (Å²) >= 11 is 1.31. The van der Waals surface area contributed by atoms with Crippen LogP contribution in [0, 0.1) is 6.92 Å². The van der Waals surface area contributed by atoms with Crippen LogP contribution in [-0.2, 0) is 4.79 Å². The quantitative estimate of drug-likeness (QED) is 0.545. The van der Waals surface area contributed by atoms with Crippen molar-refractivity contribution in [3.63, 3.8) is 0 Å². The van der Waals surface area contributed by atoms with Gasteiger partial charge in [-0.05, 0) is 6.92 Å². The second kappa shape index (κ2) is 6.65. The zero-order valence-corrected chi connectivity index (χ0v) is 9.07. The van der Waals surface area contributed by atoms with E-state index in [2.05, 4.69) is 29.0 Å². The molecule has 1 aromatic heterocycles. The van der Waals surface area contributed by atoms with Gasteiger partial charge in [-0.1, -0.05) is 35.9 Å². The Morgan fingerprint density at radius 3 is 2.47 bits per heavy atom. The Hall–Kier alpha value is -1.77. The molecule has 0 unspecified atom stereocenters. The van der Waals surface area contributed by atoms with Gasteiger partial charge >= 0.3 is 0 Å². The number of hydrogen-bond acceptors (Lipinski definition) is 4. The third-order valence-electron chi connectivity index (χ3n) is 1.50. The number of aliphatic imine (C=N–C) groups is 1. The van der Waals surface area contributed by atoms with Gasteiger partial charge in [0, 0.05) is 11.6 Å². The minimum absolute atomic E-state index is 0.458. The third-order valence-corrected chi connectivity index (χ3v) is 2.17. The van der Waals surface area contributed by atoms with Crippen LogP contribution in [0.5, 0.6) is 0 Å². The van der Waals surface area contributed by atoms with Crippen molar-refractivity contribution < 1.29 is 4.79 Å². The molecule has 0 N–H and O–H groups in total. The SMILES string of the molecule is Cc1ccccc1.O=C=Nc1nccs1. The van der Waals surface area contributed by atoms with Crippen molar-refractivity contribution in [1.82, 2.24) is 4.98 Å². The summed E-state index contributed by atoms with van der Waals surface area (Å²) in [7, 11) is 0. The topological polar surface area (TPSA) is 42.3 Å². The summed E-state index contributed by atoms with van der Waals surface area (Å²) in [6.45, 7) is 2.08. The molecule has 0 radical (unpaired) electrons. The fraction of sp³-hybridized carbons (Fsp3) is 0.0909. The predicted molar refractivity (Wildman–Crippen MR) is 61.1 cm³/mol. The van der Waals surface area contributed by atoms with E-state index in [4.69, 9.17) is 0 Å². The smallest absolute Gasteiger partial charge is 0.226 e. The molecule has 0 fully saturated rings. The molecule has 3 nitrogen and oxygen atoms in total. The minimum atomic E-state index is 0.458. The molecule has 0 aliphatic rings. The van der Waals surface area contributed by atoms with Crippen molar-refractivity contribution >= 4 is 22.5 Å². The second-order valence-corrected chi connectivity index (χ2v) is 3.55. The van der Waals surface area contributed by atoms with Gasteiger partial charge in [-0.15, -0.1) is 16.3 Å². The molecule has 2 rings (SSSR count). The van der Waals surface area contributed by atoms with Gasteiger partial charge in [0.25, 0.3) is 0 Å². The Morgan fingerprint density at radius 1 is 1.33 bits per heavy atom. The molecule has 0 aliphatic carbocycles. The molecule has 0 amide bonds. The number of carbonyl (C=O) groups excluding carboxylic acids is 1. The average molecular weight is 218 g/mol. The van der Waals surface area contributed by atoms with Crippen molar-refractivity contribution in [2.24, 2.45) is 4.99 Å². The van der Waals surface area contributed by atoms with E-state index in [0.717, 1.165) is 0 Å². The van der Waals surface area contributed by atoms with Gasteiger partial charge in [-0.3, -0.25) is 0 Å². The first-order chi connectivity index (χ1) is 7.33. The number of rotatable bonds is 1. The zero-order chi connectivity index (χ0) is 10.9. The molecule has 1 heterocycles. The number of hydrogen-bond donors (Lipinski definition) is 0. The molecular formula is C11H10N2OS. The highest BCUT2D eigenvalue weighted by Gasteiger charge is 1.84. The van der Waals surface area contributed by atoms with E-state index in [1.54, 1.807) is 11.6 Å². The molecule has 0 atom stereocenters. The van der Waals surface area contributed by atoms with Crippen LogP contribution in [0.25, 0.3) is 0 Å². The van der Waals surface area contributed by atoms with Crippen LogP contribution < -0.4 is 0 Å². The summed E-state index contributed by atoms with van der Waals surface area (Å²) < 4.78 is 0. The van der Waals surface area contributed by atoms with Crippen LogP contribution in [0.15, 0.2) is 46.9 Å². The van der Waals surface area contributed by atoms with Gasteiger partial charge < -0.3 is 0 Å². The third kappa shape index (κ3) is 4.86. The van der Waals surface area contributed by atoms with E-state index in [1.165, 1.54) is 23.0 Å². The Morgan fingerprint density at radius 2 is 2.07 bits per heavy atom. The summed E-state index contributed by atoms with van der Waals surface area (Å²) in [5, 5.41) is 2.20. The van der Waals surface area contributed by atoms with E-state index >= 15 is 0 Å². The average Bonchev–Trinajstić information content (AvgIpc) is 2.73. The minimum Gasteiger partial charge on any atom is -0.226 e. The maximum atomic E-state index is 9.55. The van der Waals surface area contributed by atoms with E-state index < -0.39 is 0 Å². The molecule has 0 spiro atoms. The second-order valence-electron chi connectivity index (χ2n) is 2.67. The van der Waals surface area contributed by atoms with Crippen molar-refractivity contribution in [3.8, 4) is 0 Å². The monoisotopic (exact) mass is 218 g/mol. The Labute approximate surface area is 92.1 Å². The summed E-state index contributed by atoms with van der Waals surface area (Å²) in [6.07, 6.45) is 2.98. The molecule has 0 saturated carbocycles. The van der Waals surface area contributed by atoms with Crippen LogP contribution in [0.4, 0.5) is 5.13 Å². The van der Waals surface area contributed by atoms with Crippen molar-refractivity contribution in [2.75, 3.05) is 0 Å². The van der Waals surface area contributed by atoms with E-state index in [0.29, 0.717) is 5.13 Å². The highest BCUT2D eigenvalue weighted by Crippen LogP contribution is 2.12. The lowest BCUT2D eigenvalue weighted by Gasteiger charge is -1.82. The standard InChI is InChI=1S/C7H8.C4H2N2OS/c1-7-5-3-2-4-6-7;7-3-6-4-5-1-2-8-4/h2-6H,1H3;1-2H. The highest BCUT2D eigenvalue weighted by atomic mass is 32.1. The van der Waals surface area contributed by atoms with E-state index in [-0.39, 0.29) is 0 Å². The number of nitrogens with zero attached hydrogens (tertiary/aromatic N) is 2. The molecular weight excluding hydrogens is 208 g/mol. The fourth-order valence-electron chi connectivity index (χ4n) is 0.845. The largest absolute Gasteiger partial charge is 0.242 e. The lowest BCUT2D eigenvalue weighted by Crippen LogP contribution is -1.62. The maximum absolute atomic E-state index is 9.55. The number of aromatic nitrogens is 1. The van der Waals surface area contributed by atoms with Crippen molar-refractivity contribution in [3.05, 3.63) is 47.5 Å². The summed E-state index contributed by atoms with van der Waals surface area (Å²) in [5.74, 6) is 0. The molecule has 0 saturated heterocycles. The normalized spacial score (nSPS) is 8.33. The van der Waals surface area contributed by atoms with Crippen molar-refractivity contribution in [1.29, 1.82) is 0 Å². The van der Waals surface area contributed by atoms with Crippen LogP contribution in [-0.4, -0.2) is 11.1 Å². The van der Waals surface area contributed by atoms with E-state index in [9.17, 15) is 4.79 Å². The first-order valence-electron chi connectivity index (χ1n) is 4.32. The summed E-state index contributed by atoms with van der Waals surface area (Å²) in [6, 6.07) is 10.3. The molecule has 0 aliphatic heterocycles. The first kappa shape index (κ1) is 11.3. The van der Waals surface area contributed by atoms with Crippen molar-refractivity contribution in [2.45, 2.75) is 6.92 Å². The number of aryl methyl sites for hydroxylation is 1. The molecule has 0 bridgehead atoms. The van der Waals surface area contributed by atoms with Gasteiger partial charge in [0.1, 0.15) is 0 Å². The van der Waals surface area contributed by atoms with Gasteiger partial charge in [0.15, 0.2) is 0 Å². The first-order valence-corrected chi connectivity index (χ1v) is 5.20. The predicted octanol–water partition coefficient (Wildman–Crippen LogP) is 3.11. The van der Waals surface area contributed by atoms with Gasteiger partial charge in [0.05, 0.1) is 0 Å². The van der Waals surface area contributed by atoms with Gasteiger partial charge in [0.2, 0.25) is 11.2 Å².